The van der Waals surface area contributed by atoms with Crippen LogP contribution in [0.3, 0.4) is 0 Å². The molecule has 29 heavy (non-hydrogen) atoms. The molecule has 2 aromatic carbocycles. The monoisotopic (exact) mass is 394 g/mol. The Morgan fingerprint density at radius 1 is 1.14 bits per heavy atom. The van der Waals surface area contributed by atoms with Crippen molar-refractivity contribution in [1.82, 2.24) is 5.32 Å². The highest BCUT2D eigenvalue weighted by atomic mass is 16.5. The summed E-state index contributed by atoms with van der Waals surface area (Å²) in [6.45, 7) is 12.4. The number of hydrogen-bond acceptors (Lipinski definition) is 3. The van der Waals surface area contributed by atoms with Crippen LogP contribution in [-0.2, 0) is 4.79 Å². The van der Waals surface area contributed by atoms with Crippen molar-refractivity contribution in [2.24, 2.45) is 5.92 Å². The number of nitrogens with one attached hydrogen (secondary N) is 1. The van der Waals surface area contributed by atoms with Gasteiger partial charge in [-0.1, -0.05) is 31.2 Å². The molecule has 0 spiro atoms. The minimum absolute atomic E-state index is 0.0681. The first-order valence-corrected chi connectivity index (χ1v) is 10.7. The zero-order valence-corrected chi connectivity index (χ0v) is 18.4. The van der Waals surface area contributed by atoms with E-state index in [1.807, 2.05) is 39.0 Å². The first kappa shape index (κ1) is 21.2. The van der Waals surface area contributed by atoms with Crippen LogP contribution in [0.2, 0.25) is 0 Å². The summed E-state index contributed by atoms with van der Waals surface area (Å²) in [6, 6.07) is 14.4. The van der Waals surface area contributed by atoms with Crippen LogP contribution in [0.4, 0.5) is 5.69 Å². The van der Waals surface area contributed by atoms with Gasteiger partial charge in [0.25, 0.3) is 5.91 Å². The largest absolute Gasteiger partial charge is 0.481 e. The van der Waals surface area contributed by atoms with Crippen LogP contribution in [0.15, 0.2) is 42.5 Å². The Morgan fingerprint density at radius 2 is 1.86 bits per heavy atom. The summed E-state index contributed by atoms with van der Waals surface area (Å²) < 4.78 is 5.91. The van der Waals surface area contributed by atoms with E-state index in [9.17, 15) is 4.79 Å². The van der Waals surface area contributed by atoms with Crippen molar-refractivity contribution in [2.75, 3.05) is 18.0 Å². The SMILES string of the molecule is Cc1cccc(O[C@H](C)C(=O)N[C@@H](C)c2ccc(N3CCC[C@@H](C)C3)cc2)c1C. The van der Waals surface area contributed by atoms with Crippen molar-refractivity contribution < 1.29 is 9.53 Å². The van der Waals surface area contributed by atoms with Crippen molar-refractivity contribution in [1.29, 1.82) is 0 Å². The molecule has 0 saturated carbocycles. The molecule has 1 aliphatic heterocycles. The second kappa shape index (κ2) is 9.34. The Hall–Kier alpha value is -2.49. The van der Waals surface area contributed by atoms with E-state index in [0.29, 0.717) is 0 Å². The van der Waals surface area contributed by atoms with Crippen LogP contribution in [0, 0.1) is 19.8 Å². The third-order valence-corrected chi connectivity index (χ3v) is 6.00. The average molecular weight is 395 g/mol. The molecule has 4 nitrogen and oxygen atoms in total. The van der Waals surface area contributed by atoms with Gasteiger partial charge in [0, 0.05) is 18.8 Å². The first-order chi connectivity index (χ1) is 13.8. The number of amides is 1. The molecular formula is C25H34N2O2. The smallest absolute Gasteiger partial charge is 0.261 e. The number of anilines is 1. The molecule has 1 N–H and O–H groups in total. The van der Waals surface area contributed by atoms with Gasteiger partial charge in [-0.15, -0.1) is 0 Å². The summed E-state index contributed by atoms with van der Waals surface area (Å²) in [5.74, 6) is 1.41. The number of ether oxygens (including phenoxy) is 1. The quantitative estimate of drug-likeness (QED) is 0.733. The normalized spacial score (nSPS) is 18.8. The fourth-order valence-corrected chi connectivity index (χ4v) is 3.91. The number of piperidine rings is 1. The van der Waals surface area contributed by atoms with E-state index >= 15 is 0 Å². The van der Waals surface area contributed by atoms with Crippen molar-refractivity contribution in [3.63, 3.8) is 0 Å². The molecule has 0 aromatic heterocycles. The fourth-order valence-electron chi connectivity index (χ4n) is 3.91. The van der Waals surface area contributed by atoms with E-state index in [1.165, 1.54) is 18.5 Å². The summed E-state index contributed by atoms with van der Waals surface area (Å²) in [5, 5.41) is 3.08. The van der Waals surface area contributed by atoms with Crippen LogP contribution in [-0.4, -0.2) is 25.1 Å². The van der Waals surface area contributed by atoms with E-state index in [0.717, 1.165) is 41.4 Å². The molecular weight excluding hydrogens is 360 g/mol. The molecule has 1 heterocycles. The number of nitrogens with zero attached hydrogens (tertiary/aromatic N) is 1. The standard InChI is InChI=1S/C25H34N2O2/c1-17-8-7-15-27(16-17)23-13-11-22(12-14-23)20(4)26-25(28)21(5)29-24-10-6-9-18(2)19(24)3/h6,9-14,17,20-21H,7-8,15-16H2,1-5H3,(H,26,28)/t17-,20+,21-/m1/s1. The predicted molar refractivity (Wildman–Crippen MR) is 120 cm³/mol. The molecule has 4 heteroatoms. The molecule has 0 unspecified atom stereocenters. The summed E-state index contributed by atoms with van der Waals surface area (Å²) in [4.78, 5) is 15.1. The van der Waals surface area contributed by atoms with Gasteiger partial charge in [-0.25, -0.2) is 0 Å². The molecule has 3 atom stereocenters. The average Bonchev–Trinajstić information content (AvgIpc) is 2.71. The molecule has 1 aliphatic rings. The van der Waals surface area contributed by atoms with Crippen molar-refractivity contribution in [2.45, 2.75) is 59.6 Å². The highest BCUT2D eigenvalue weighted by Gasteiger charge is 2.20. The summed E-state index contributed by atoms with van der Waals surface area (Å²) in [6.07, 6.45) is 2.03. The highest BCUT2D eigenvalue weighted by molar-refractivity contribution is 5.81. The summed E-state index contributed by atoms with van der Waals surface area (Å²) >= 11 is 0. The number of rotatable bonds is 6. The van der Waals surface area contributed by atoms with Crippen molar-refractivity contribution in [3.8, 4) is 5.75 Å². The Morgan fingerprint density at radius 3 is 2.55 bits per heavy atom. The van der Waals surface area contributed by atoms with E-state index in [-0.39, 0.29) is 11.9 Å². The van der Waals surface area contributed by atoms with Crippen LogP contribution >= 0.6 is 0 Å². The minimum Gasteiger partial charge on any atom is -0.481 e. The van der Waals surface area contributed by atoms with Gasteiger partial charge in [0.15, 0.2) is 6.10 Å². The van der Waals surface area contributed by atoms with Crippen LogP contribution in [0.25, 0.3) is 0 Å². The third kappa shape index (κ3) is 5.31. The first-order valence-electron chi connectivity index (χ1n) is 10.7. The van der Waals surface area contributed by atoms with Gasteiger partial charge in [0.1, 0.15) is 5.75 Å². The minimum atomic E-state index is -0.549. The molecule has 1 saturated heterocycles. The molecule has 2 aromatic rings. The Bertz CT molecular complexity index is 831. The molecule has 1 amide bonds. The lowest BCUT2D eigenvalue weighted by molar-refractivity contribution is -0.127. The number of benzene rings is 2. The molecule has 0 bridgehead atoms. The molecule has 0 aliphatic carbocycles. The van der Waals surface area contributed by atoms with Gasteiger partial charge >= 0.3 is 0 Å². The summed E-state index contributed by atoms with van der Waals surface area (Å²) in [7, 11) is 0. The number of hydrogen-bond donors (Lipinski definition) is 1. The zero-order chi connectivity index (χ0) is 21.0. The van der Waals surface area contributed by atoms with E-state index in [1.54, 1.807) is 6.92 Å². The maximum atomic E-state index is 12.6. The number of carbonyl (C=O) groups is 1. The molecule has 156 valence electrons. The Balaban J connectivity index is 1.58. The van der Waals surface area contributed by atoms with Crippen LogP contribution in [0.5, 0.6) is 5.75 Å². The number of aryl methyl sites for hydroxylation is 1. The van der Waals surface area contributed by atoms with E-state index in [4.69, 9.17) is 4.74 Å². The number of carbonyl (C=O) groups excluding carboxylic acids is 1. The zero-order valence-electron chi connectivity index (χ0n) is 18.4. The highest BCUT2D eigenvalue weighted by Crippen LogP contribution is 2.25. The Kier molecular flexibility index (Phi) is 6.83. The lowest BCUT2D eigenvalue weighted by Crippen LogP contribution is -2.38. The van der Waals surface area contributed by atoms with Gasteiger partial charge in [-0.2, -0.15) is 0 Å². The second-order valence-electron chi connectivity index (χ2n) is 8.47. The van der Waals surface area contributed by atoms with Gasteiger partial charge < -0.3 is 15.0 Å². The third-order valence-electron chi connectivity index (χ3n) is 6.00. The van der Waals surface area contributed by atoms with Gasteiger partial charge in [0.2, 0.25) is 0 Å². The fraction of sp³-hybridized carbons (Fsp3) is 0.480. The molecule has 0 radical (unpaired) electrons. The van der Waals surface area contributed by atoms with Crippen LogP contribution < -0.4 is 15.0 Å². The van der Waals surface area contributed by atoms with Crippen LogP contribution in [0.1, 0.15) is 56.3 Å². The van der Waals surface area contributed by atoms with E-state index < -0.39 is 6.10 Å². The lowest BCUT2D eigenvalue weighted by Gasteiger charge is -2.33. The maximum Gasteiger partial charge on any atom is 0.261 e. The predicted octanol–water partition coefficient (Wildman–Crippen LogP) is 5.18. The second-order valence-corrected chi connectivity index (χ2v) is 8.47. The van der Waals surface area contributed by atoms with Gasteiger partial charge in [-0.3, -0.25) is 4.79 Å². The summed E-state index contributed by atoms with van der Waals surface area (Å²) in [5.41, 5.74) is 4.60. The van der Waals surface area contributed by atoms with E-state index in [2.05, 4.69) is 41.4 Å². The topological polar surface area (TPSA) is 41.6 Å². The molecule has 1 fully saturated rings. The lowest BCUT2D eigenvalue weighted by atomic mass is 9.99. The maximum absolute atomic E-state index is 12.6. The van der Waals surface area contributed by atoms with Gasteiger partial charge in [0.05, 0.1) is 6.04 Å². The Labute approximate surface area is 175 Å². The van der Waals surface area contributed by atoms with Crippen molar-refractivity contribution >= 4 is 11.6 Å². The molecule has 3 rings (SSSR count). The van der Waals surface area contributed by atoms with Gasteiger partial charge in [-0.05, 0) is 81.3 Å². The van der Waals surface area contributed by atoms with Crippen molar-refractivity contribution in [3.05, 3.63) is 59.2 Å².